The van der Waals surface area contributed by atoms with Crippen LogP contribution < -0.4 is 0 Å². The number of aryl methyl sites for hydroxylation is 1. The van der Waals surface area contributed by atoms with Crippen molar-refractivity contribution in [3.8, 4) is 10.6 Å². The Morgan fingerprint density at radius 1 is 1.11 bits per heavy atom. The molecule has 28 heavy (non-hydrogen) atoms. The van der Waals surface area contributed by atoms with Gasteiger partial charge in [-0.2, -0.15) is 11.3 Å². The number of hydrogen-bond donors (Lipinski definition) is 0. The van der Waals surface area contributed by atoms with Crippen molar-refractivity contribution < 1.29 is 4.79 Å². The molecule has 0 unspecified atom stereocenters. The van der Waals surface area contributed by atoms with E-state index in [2.05, 4.69) is 25.1 Å². The third-order valence-electron chi connectivity index (χ3n) is 5.70. The topological polar surface area (TPSA) is 63.9 Å². The summed E-state index contributed by atoms with van der Waals surface area (Å²) < 4.78 is 2.32. The molecule has 0 aromatic carbocycles. The molecule has 0 aliphatic carbocycles. The molecule has 1 fully saturated rings. The number of hydrogen-bond acceptors (Lipinski definition) is 6. The lowest BCUT2D eigenvalue weighted by atomic mass is 9.96. The number of piperidine rings is 1. The Kier molecular flexibility index (Phi) is 4.98. The van der Waals surface area contributed by atoms with E-state index in [0.717, 1.165) is 54.6 Å². The Morgan fingerprint density at radius 2 is 2.07 bits per heavy atom. The van der Waals surface area contributed by atoms with Gasteiger partial charge >= 0.3 is 0 Å². The molecule has 146 valence electrons. The van der Waals surface area contributed by atoms with Crippen LogP contribution in [0, 0.1) is 0 Å². The average Bonchev–Trinajstić information content (AvgIpc) is 3.46. The molecule has 0 N–H and O–H groups in total. The van der Waals surface area contributed by atoms with Crippen molar-refractivity contribution in [1.82, 2.24) is 24.6 Å². The van der Waals surface area contributed by atoms with Crippen LogP contribution in [0.15, 0.2) is 22.2 Å². The summed E-state index contributed by atoms with van der Waals surface area (Å²) in [6.45, 7) is 2.52. The normalized spacial score (nSPS) is 20.0. The predicted octanol–water partition coefficient (Wildman–Crippen LogP) is 4.21. The molecule has 0 saturated carbocycles. The molecule has 2 aliphatic rings. The van der Waals surface area contributed by atoms with Crippen molar-refractivity contribution in [2.45, 2.75) is 51.0 Å². The summed E-state index contributed by atoms with van der Waals surface area (Å²) in [5.41, 5.74) is 1.66. The van der Waals surface area contributed by atoms with Crippen molar-refractivity contribution in [2.75, 3.05) is 13.1 Å². The van der Waals surface area contributed by atoms with E-state index in [1.165, 1.54) is 19.3 Å². The van der Waals surface area contributed by atoms with Gasteiger partial charge in [-0.05, 0) is 37.1 Å². The van der Waals surface area contributed by atoms with Crippen LogP contribution >= 0.6 is 22.7 Å². The van der Waals surface area contributed by atoms with Crippen LogP contribution in [-0.4, -0.2) is 43.6 Å². The van der Waals surface area contributed by atoms with E-state index in [4.69, 9.17) is 0 Å². The second-order valence-electron chi connectivity index (χ2n) is 7.58. The van der Waals surface area contributed by atoms with Crippen LogP contribution in [0.4, 0.5) is 0 Å². The van der Waals surface area contributed by atoms with Crippen LogP contribution in [0.2, 0.25) is 0 Å². The molecule has 3 aromatic heterocycles. The summed E-state index contributed by atoms with van der Waals surface area (Å²) in [6.07, 6.45) is 6.74. The van der Waals surface area contributed by atoms with Crippen molar-refractivity contribution in [1.29, 1.82) is 0 Å². The van der Waals surface area contributed by atoms with Gasteiger partial charge in [-0.15, -0.1) is 21.5 Å². The molecule has 0 spiro atoms. The summed E-state index contributed by atoms with van der Waals surface area (Å²) in [4.78, 5) is 19.6. The first-order valence-electron chi connectivity index (χ1n) is 9.99. The molecule has 2 aliphatic heterocycles. The van der Waals surface area contributed by atoms with E-state index in [0.29, 0.717) is 12.2 Å². The molecular weight excluding hydrogens is 390 g/mol. The number of aromatic nitrogens is 4. The zero-order valence-electron chi connectivity index (χ0n) is 15.7. The predicted molar refractivity (Wildman–Crippen MR) is 111 cm³/mol. The lowest BCUT2D eigenvalue weighted by molar-refractivity contribution is 0.0698. The third-order valence-corrected chi connectivity index (χ3v) is 7.28. The highest BCUT2D eigenvalue weighted by Gasteiger charge is 2.30. The molecule has 5 rings (SSSR count). The maximum atomic E-state index is 13.1. The van der Waals surface area contributed by atoms with Gasteiger partial charge in [0.25, 0.3) is 5.91 Å². The molecule has 0 bridgehead atoms. The second kappa shape index (κ2) is 7.75. The monoisotopic (exact) mass is 413 g/mol. The summed E-state index contributed by atoms with van der Waals surface area (Å²) in [6, 6.07) is 2.05. The highest BCUT2D eigenvalue weighted by atomic mass is 32.1. The van der Waals surface area contributed by atoms with Gasteiger partial charge in [0.05, 0.1) is 0 Å². The Hall–Kier alpha value is -2.06. The van der Waals surface area contributed by atoms with Gasteiger partial charge in [-0.1, -0.05) is 6.42 Å². The third kappa shape index (κ3) is 3.39. The van der Waals surface area contributed by atoms with E-state index in [1.807, 2.05) is 21.7 Å². The lowest BCUT2D eigenvalue weighted by Gasteiger charge is -2.32. The number of thiophene rings is 1. The maximum absolute atomic E-state index is 13.1. The molecule has 0 radical (unpaired) electrons. The number of amides is 1. The van der Waals surface area contributed by atoms with Crippen LogP contribution in [0.1, 0.15) is 60.2 Å². The minimum absolute atomic E-state index is 0.0398. The number of thiazole rings is 1. The standard InChI is InChI=1S/C20H23N5OS2/c26-20(16-13-28-19(21-16)15-7-10-27-12-15)24-8-4-5-14(11-24)18-23-22-17-6-2-1-3-9-25(17)18/h7,10,12-14H,1-6,8-9,11H2/t14-/m1/s1. The lowest BCUT2D eigenvalue weighted by Crippen LogP contribution is -2.40. The Balaban J connectivity index is 1.33. The van der Waals surface area contributed by atoms with Crippen molar-refractivity contribution >= 4 is 28.6 Å². The number of nitrogens with zero attached hydrogens (tertiary/aromatic N) is 5. The number of fused-ring (bicyclic) bond motifs is 1. The summed E-state index contributed by atoms with van der Waals surface area (Å²) in [5, 5.41) is 15.9. The van der Waals surface area contributed by atoms with Crippen molar-refractivity contribution in [3.63, 3.8) is 0 Å². The Labute approximate surface area is 172 Å². The zero-order valence-corrected chi connectivity index (χ0v) is 17.3. The fourth-order valence-corrected chi connectivity index (χ4v) is 5.74. The fraction of sp³-hybridized carbons (Fsp3) is 0.500. The minimum Gasteiger partial charge on any atom is -0.337 e. The van der Waals surface area contributed by atoms with E-state index >= 15 is 0 Å². The Morgan fingerprint density at radius 3 is 2.96 bits per heavy atom. The highest BCUT2D eigenvalue weighted by Crippen LogP contribution is 2.30. The smallest absolute Gasteiger partial charge is 0.273 e. The molecule has 1 atom stereocenters. The molecule has 5 heterocycles. The van der Waals surface area contributed by atoms with Crippen LogP contribution in [0.25, 0.3) is 10.6 Å². The van der Waals surface area contributed by atoms with Gasteiger partial charge < -0.3 is 9.47 Å². The van der Waals surface area contributed by atoms with E-state index in [1.54, 1.807) is 22.7 Å². The summed E-state index contributed by atoms with van der Waals surface area (Å²) in [7, 11) is 0. The molecule has 1 saturated heterocycles. The first-order chi connectivity index (χ1) is 13.8. The van der Waals surface area contributed by atoms with Crippen molar-refractivity contribution in [3.05, 3.63) is 39.5 Å². The van der Waals surface area contributed by atoms with Gasteiger partial charge in [0, 0.05) is 48.3 Å². The van der Waals surface area contributed by atoms with Gasteiger partial charge in [-0.25, -0.2) is 4.98 Å². The van der Waals surface area contributed by atoms with Crippen molar-refractivity contribution in [2.24, 2.45) is 0 Å². The molecule has 6 nitrogen and oxygen atoms in total. The SMILES string of the molecule is O=C(c1csc(-c2ccsc2)n1)N1CCC[C@@H](c2nnc3n2CCCCC3)C1. The van der Waals surface area contributed by atoms with E-state index < -0.39 is 0 Å². The first-order valence-corrected chi connectivity index (χ1v) is 11.8. The number of rotatable bonds is 3. The second-order valence-corrected chi connectivity index (χ2v) is 9.22. The van der Waals surface area contributed by atoms with Gasteiger partial charge in [0.2, 0.25) is 0 Å². The number of carbonyl (C=O) groups is 1. The summed E-state index contributed by atoms with van der Waals surface area (Å²) >= 11 is 3.19. The molecule has 8 heteroatoms. The van der Waals surface area contributed by atoms with Crippen LogP contribution in [0.5, 0.6) is 0 Å². The van der Waals surface area contributed by atoms with Gasteiger partial charge in [0.1, 0.15) is 22.4 Å². The molecule has 1 amide bonds. The van der Waals surface area contributed by atoms with Gasteiger partial charge in [0.15, 0.2) is 0 Å². The van der Waals surface area contributed by atoms with Gasteiger partial charge in [-0.3, -0.25) is 4.79 Å². The number of likely N-dealkylation sites (tertiary alicyclic amines) is 1. The zero-order chi connectivity index (χ0) is 18.9. The summed E-state index contributed by atoms with van der Waals surface area (Å²) in [5.74, 6) is 2.51. The fourth-order valence-electron chi connectivity index (χ4n) is 4.23. The molecule has 3 aromatic rings. The highest BCUT2D eigenvalue weighted by molar-refractivity contribution is 7.14. The quantitative estimate of drug-likeness (QED) is 0.645. The largest absolute Gasteiger partial charge is 0.337 e. The first kappa shape index (κ1) is 18.0. The minimum atomic E-state index is 0.0398. The van der Waals surface area contributed by atoms with Crippen LogP contribution in [0.3, 0.4) is 0 Å². The Bertz CT molecular complexity index is 961. The number of carbonyl (C=O) groups excluding carboxylic acids is 1. The van der Waals surface area contributed by atoms with E-state index in [9.17, 15) is 4.79 Å². The van der Waals surface area contributed by atoms with E-state index in [-0.39, 0.29) is 11.8 Å². The van der Waals surface area contributed by atoms with Crippen LogP contribution in [-0.2, 0) is 13.0 Å². The average molecular weight is 414 g/mol. The molecular formula is C20H23N5OS2. The maximum Gasteiger partial charge on any atom is 0.273 e.